The zero-order chi connectivity index (χ0) is 9.68. The van der Waals surface area contributed by atoms with Gasteiger partial charge in [0.05, 0.1) is 6.20 Å². The smallest absolute Gasteiger partial charge is 0.143 e. The minimum absolute atomic E-state index is 0.418. The molecule has 0 fully saturated rings. The van der Waals surface area contributed by atoms with Crippen molar-refractivity contribution in [1.82, 2.24) is 10.5 Å². The Morgan fingerprint density at radius 1 is 1.54 bits per heavy atom. The largest absolute Gasteiger partial charge is 0.361 e. The van der Waals surface area contributed by atoms with Crippen molar-refractivity contribution in [2.45, 2.75) is 39.7 Å². The summed E-state index contributed by atoms with van der Waals surface area (Å²) in [4.78, 5) is 0. The average Bonchev–Trinajstić information content (AvgIpc) is 2.53. The van der Waals surface area contributed by atoms with Gasteiger partial charge < -0.3 is 9.84 Å². The zero-order valence-electron chi connectivity index (χ0n) is 8.63. The third-order valence-electron chi connectivity index (χ3n) is 1.94. The molecular weight excluding hydrogens is 164 g/mol. The summed E-state index contributed by atoms with van der Waals surface area (Å²) in [6, 6.07) is 0. The van der Waals surface area contributed by atoms with Crippen LogP contribution < -0.4 is 5.32 Å². The monoisotopic (exact) mass is 182 g/mol. The van der Waals surface area contributed by atoms with E-state index in [4.69, 9.17) is 4.52 Å². The molecule has 0 atom stereocenters. The highest BCUT2D eigenvalue weighted by molar-refractivity contribution is 5.16. The Morgan fingerprint density at radius 2 is 2.31 bits per heavy atom. The van der Waals surface area contributed by atoms with Gasteiger partial charge in [-0.25, -0.2) is 0 Å². The van der Waals surface area contributed by atoms with Crippen molar-refractivity contribution in [3.05, 3.63) is 17.5 Å². The number of nitrogens with zero attached hydrogens (tertiary/aromatic N) is 1. The molecule has 0 saturated heterocycles. The predicted octanol–water partition coefficient (Wildman–Crippen LogP) is 2.30. The van der Waals surface area contributed by atoms with Gasteiger partial charge >= 0.3 is 0 Å². The summed E-state index contributed by atoms with van der Waals surface area (Å²) in [6.45, 7) is 8.30. The predicted molar refractivity (Wildman–Crippen MR) is 52.6 cm³/mol. The number of rotatable bonds is 5. The van der Waals surface area contributed by atoms with E-state index in [2.05, 4.69) is 31.2 Å². The average molecular weight is 182 g/mol. The number of nitrogens with one attached hydrogen (secondary N) is 1. The quantitative estimate of drug-likeness (QED) is 0.710. The minimum atomic E-state index is 0.418. The molecule has 0 unspecified atom stereocenters. The van der Waals surface area contributed by atoms with E-state index in [-0.39, 0.29) is 0 Å². The van der Waals surface area contributed by atoms with Crippen molar-refractivity contribution < 1.29 is 4.52 Å². The lowest BCUT2D eigenvalue weighted by Gasteiger charge is -2.04. The van der Waals surface area contributed by atoms with Gasteiger partial charge in [-0.05, 0) is 13.0 Å². The fourth-order valence-electron chi connectivity index (χ4n) is 1.28. The van der Waals surface area contributed by atoms with Crippen molar-refractivity contribution in [3.63, 3.8) is 0 Å². The fourth-order valence-corrected chi connectivity index (χ4v) is 1.28. The molecule has 0 aliphatic heterocycles. The third kappa shape index (κ3) is 2.84. The fraction of sp³-hybridized carbons (Fsp3) is 0.700. The first-order valence-electron chi connectivity index (χ1n) is 4.89. The molecule has 3 nitrogen and oxygen atoms in total. The lowest BCUT2D eigenvalue weighted by molar-refractivity contribution is 0.368. The highest BCUT2D eigenvalue weighted by Crippen LogP contribution is 2.18. The lowest BCUT2D eigenvalue weighted by Crippen LogP contribution is -2.14. The van der Waals surface area contributed by atoms with Gasteiger partial charge in [-0.3, -0.25) is 0 Å². The molecule has 1 heterocycles. The van der Waals surface area contributed by atoms with Crippen LogP contribution in [0, 0.1) is 0 Å². The van der Waals surface area contributed by atoms with Crippen molar-refractivity contribution in [3.8, 4) is 0 Å². The highest BCUT2D eigenvalue weighted by atomic mass is 16.5. The molecule has 0 saturated carbocycles. The summed E-state index contributed by atoms with van der Waals surface area (Å²) in [5, 5.41) is 7.14. The molecule has 0 radical (unpaired) electrons. The lowest BCUT2D eigenvalue weighted by atomic mass is 10.1. The van der Waals surface area contributed by atoms with Crippen molar-refractivity contribution in [2.24, 2.45) is 0 Å². The van der Waals surface area contributed by atoms with Gasteiger partial charge in [0.2, 0.25) is 0 Å². The molecule has 3 heteroatoms. The second-order valence-corrected chi connectivity index (χ2v) is 3.55. The van der Waals surface area contributed by atoms with Crippen LogP contribution in [0.2, 0.25) is 0 Å². The van der Waals surface area contributed by atoms with Crippen LogP contribution >= 0.6 is 0 Å². The summed E-state index contributed by atoms with van der Waals surface area (Å²) < 4.78 is 5.17. The summed E-state index contributed by atoms with van der Waals surface area (Å²) in [7, 11) is 0. The normalized spacial score (nSPS) is 11.1. The summed E-state index contributed by atoms with van der Waals surface area (Å²) in [6.07, 6.45) is 2.96. The molecule has 0 aromatic carbocycles. The maximum atomic E-state index is 5.17. The van der Waals surface area contributed by atoms with Gasteiger partial charge in [0, 0.05) is 18.0 Å². The van der Waals surface area contributed by atoms with E-state index >= 15 is 0 Å². The number of hydrogen-bond acceptors (Lipinski definition) is 3. The first-order chi connectivity index (χ1) is 6.25. The molecule has 1 N–H and O–H groups in total. The van der Waals surface area contributed by atoms with Crippen LogP contribution in [0.5, 0.6) is 0 Å². The van der Waals surface area contributed by atoms with E-state index in [1.165, 1.54) is 5.56 Å². The molecule has 1 aromatic rings. The first-order valence-corrected chi connectivity index (χ1v) is 4.89. The molecule has 0 bridgehead atoms. The highest BCUT2D eigenvalue weighted by Gasteiger charge is 2.10. The standard InChI is InChI=1S/C10H18N2O/c1-4-5-11-6-9-7-12-13-10(9)8(2)3/h7-8,11H,4-6H2,1-3H3. The molecule has 74 valence electrons. The Hall–Kier alpha value is -0.830. The summed E-state index contributed by atoms with van der Waals surface area (Å²) in [5.74, 6) is 1.42. The molecule has 0 spiro atoms. The van der Waals surface area contributed by atoms with Gasteiger partial charge in [-0.1, -0.05) is 25.9 Å². The van der Waals surface area contributed by atoms with E-state index in [1.54, 1.807) is 6.20 Å². The second-order valence-electron chi connectivity index (χ2n) is 3.55. The second kappa shape index (κ2) is 5.02. The van der Waals surface area contributed by atoms with Crippen molar-refractivity contribution in [1.29, 1.82) is 0 Å². The molecule has 1 aromatic heterocycles. The summed E-state index contributed by atoms with van der Waals surface area (Å²) >= 11 is 0. The van der Waals surface area contributed by atoms with Crippen LogP contribution in [-0.4, -0.2) is 11.7 Å². The third-order valence-corrected chi connectivity index (χ3v) is 1.94. The van der Waals surface area contributed by atoms with Crippen molar-refractivity contribution in [2.75, 3.05) is 6.54 Å². The van der Waals surface area contributed by atoms with E-state index in [1.807, 2.05) is 0 Å². The maximum Gasteiger partial charge on any atom is 0.143 e. The van der Waals surface area contributed by atoms with Gasteiger partial charge in [0.25, 0.3) is 0 Å². The van der Waals surface area contributed by atoms with Crippen LogP contribution in [0.3, 0.4) is 0 Å². The minimum Gasteiger partial charge on any atom is -0.361 e. The number of aromatic nitrogens is 1. The van der Waals surface area contributed by atoms with E-state index < -0.39 is 0 Å². The van der Waals surface area contributed by atoms with Gasteiger partial charge in [-0.2, -0.15) is 0 Å². The van der Waals surface area contributed by atoms with Gasteiger partial charge in [0.1, 0.15) is 5.76 Å². The Morgan fingerprint density at radius 3 is 2.92 bits per heavy atom. The zero-order valence-corrected chi connectivity index (χ0v) is 8.63. The molecule has 0 aliphatic carbocycles. The molecular formula is C10H18N2O. The van der Waals surface area contributed by atoms with Gasteiger partial charge in [-0.15, -0.1) is 0 Å². The molecule has 13 heavy (non-hydrogen) atoms. The van der Waals surface area contributed by atoms with Gasteiger partial charge in [0.15, 0.2) is 0 Å². The summed E-state index contributed by atoms with van der Waals surface area (Å²) in [5.41, 5.74) is 1.18. The maximum absolute atomic E-state index is 5.17. The Balaban J connectivity index is 2.50. The number of hydrogen-bond donors (Lipinski definition) is 1. The Bertz CT molecular complexity index is 243. The topological polar surface area (TPSA) is 38.1 Å². The SMILES string of the molecule is CCCNCc1cnoc1C(C)C. The molecule has 0 aliphatic rings. The Labute approximate surface area is 79.5 Å². The van der Waals surface area contributed by atoms with Crippen LogP contribution in [0.4, 0.5) is 0 Å². The first kappa shape index (κ1) is 10.3. The van der Waals surface area contributed by atoms with Crippen LogP contribution in [0.25, 0.3) is 0 Å². The van der Waals surface area contributed by atoms with E-state index in [9.17, 15) is 0 Å². The van der Waals surface area contributed by atoms with Crippen LogP contribution in [0.15, 0.2) is 10.7 Å². The van der Waals surface area contributed by atoms with Crippen molar-refractivity contribution >= 4 is 0 Å². The Kier molecular flexibility index (Phi) is 3.96. The molecule has 0 amide bonds. The molecule has 1 rings (SSSR count). The van der Waals surface area contributed by atoms with E-state index in [0.717, 1.165) is 25.3 Å². The van der Waals surface area contributed by atoms with Crippen LogP contribution in [0.1, 0.15) is 44.4 Å². The van der Waals surface area contributed by atoms with E-state index in [0.29, 0.717) is 5.92 Å². The van der Waals surface area contributed by atoms with Crippen LogP contribution in [-0.2, 0) is 6.54 Å².